The number of hydrogen-bond acceptors (Lipinski definition) is 3. The van der Waals surface area contributed by atoms with E-state index in [0.29, 0.717) is 5.92 Å². The summed E-state index contributed by atoms with van der Waals surface area (Å²) < 4.78 is 0. The Morgan fingerprint density at radius 1 is 1.50 bits per heavy atom. The predicted molar refractivity (Wildman–Crippen MR) is 66.6 cm³/mol. The smallest absolute Gasteiger partial charge is 0.0959 e. The third-order valence-corrected chi connectivity index (χ3v) is 4.44. The largest absolute Gasteiger partial charge is 0.245 e. The van der Waals surface area contributed by atoms with Crippen molar-refractivity contribution in [1.82, 2.24) is 4.98 Å². The highest BCUT2D eigenvalue weighted by atomic mass is 32.1. The highest BCUT2D eigenvalue weighted by Gasteiger charge is 2.20. The lowest BCUT2D eigenvalue weighted by Gasteiger charge is -2.18. The van der Waals surface area contributed by atoms with E-state index < -0.39 is 0 Å². The first-order chi connectivity index (χ1) is 7.85. The second-order valence-corrected chi connectivity index (χ2v) is 5.43. The molecule has 0 bridgehead atoms. The molecule has 1 atom stereocenters. The van der Waals surface area contributed by atoms with Gasteiger partial charge in [-0.15, -0.1) is 11.3 Å². The zero-order valence-corrected chi connectivity index (χ0v) is 10.6. The molecule has 0 aliphatic heterocycles. The van der Waals surface area contributed by atoms with Crippen molar-refractivity contribution in [2.75, 3.05) is 0 Å². The summed E-state index contributed by atoms with van der Waals surface area (Å²) in [6.07, 6.45) is 7.51. The van der Waals surface area contributed by atoms with Gasteiger partial charge in [-0.3, -0.25) is 0 Å². The molecular formula is C13H18N2S. The molecule has 1 aromatic heterocycles. The van der Waals surface area contributed by atoms with Crippen molar-refractivity contribution < 1.29 is 0 Å². The van der Waals surface area contributed by atoms with E-state index in [1.807, 2.05) is 6.92 Å². The first kappa shape index (κ1) is 11.6. The molecule has 0 N–H and O–H groups in total. The minimum absolute atomic E-state index is 0.00593. The Morgan fingerprint density at radius 3 is 2.88 bits per heavy atom. The molecule has 2 nitrogen and oxygen atoms in total. The van der Waals surface area contributed by atoms with Crippen LogP contribution >= 0.6 is 11.3 Å². The molecule has 0 radical (unpaired) electrons. The molecule has 3 heteroatoms. The maximum absolute atomic E-state index is 9.01. The molecule has 1 aliphatic carbocycles. The van der Waals surface area contributed by atoms with Crippen LogP contribution in [0.4, 0.5) is 0 Å². The molecule has 16 heavy (non-hydrogen) atoms. The van der Waals surface area contributed by atoms with E-state index >= 15 is 0 Å². The lowest BCUT2D eigenvalue weighted by molar-refractivity contribution is 0.441. The summed E-state index contributed by atoms with van der Waals surface area (Å²) in [4.78, 5) is 4.67. The van der Waals surface area contributed by atoms with E-state index in [9.17, 15) is 0 Å². The molecule has 1 fully saturated rings. The summed E-state index contributed by atoms with van der Waals surface area (Å²) in [5.41, 5.74) is 0.996. The van der Waals surface area contributed by atoms with E-state index in [1.165, 1.54) is 37.1 Å². The van der Waals surface area contributed by atoms with Crippen LogP contribution in [0.2, 0.25) is 0 Å². The van der Waals surface area contributed by atoms with E-state index in [1.54, 1.807) is 11.3 Å². The Labute approximate surface area is 101 Å². The molecule has 1 unspecified atom stereocenters. The van der Waals surface area contributed by atoms with Gasteiger partial charge in [0.05, 0.1) is 22.7 Å². The number of aromatic nitrogens is 1. The van der Waals surface area contributed by atoms with Crippen LogP contribution in [0, 0.1) is 11.3 Å². The molecule has 86 valence electrons. The van der Waals surface area contributed by atoms with Gasteiger partial charge < -0.3 is 0 Å². The van der Waals surface area contributed by atoms with E-state index in [2.05, 4.69) is 16.4 Å². The van der Waals surface area contributed by atoms with Gasteiger partial charge >= 0.3 is 0 Å². The van der Waals surface area contributed by atoms with E-state index in [4.69, 9.17) is 5.26 Å². The van der Waals surface area contributed by atoms with Gasteiger partial charge in [0, 0.05) is 11.3 Å². The Morgan fingerprint density at radius 2 is 2.25 bits per heavy atom. The van der Waals surface area contributed by atoms with Crippen LogP contribution in [0.1, 0.15) is 68.0 Å². The molecular weight excluding hydrogens is 216 g/mol. The van der Waals surface area contributed by atoms with Crippen molar-refractivity contribution in [3.05, 3.63) is 16.1 Å². The van der Waals surface area contributed by atoms with Crippen LogP contribution in [0.3, 0.4) is 0 Å². The second kappa shape index (κ2) is 5.45. The number of nitriles is 1. The fraction of sp³-hybridized carbons (Fsp3) is 0.692. The van der Waals surface area contributed by atoms with Crippen molar-refractivity contribution in [1.29, 1.82) is 5.26 Å². The van der Waals surface area contributed by atoms with Gasteiger partial charge in [0.1, 0.15) is 0 Å². The Kier molecular flexibility index (Phi) is 3.95. The summed E-state index contributed by atoms with van der Waals surface area (Å²) in [5, 5.41) is 12.4. The average molecular weight is 234 g/mol. The molecule has 0 saturated heterocycles. The maximum Gasteiger partial charge on any atom is 0.0959 e. The molecule has 1 heterocycles. The van der Waals surface area contributed by atoms with E-state index in [-0.39, 0.29) is 5.92 Å². The lowest BCUT2D eigenvalue weighted by atomic mass is 9.90. The number of thiazole rings is 1. The minimum atomic E-state index is -0.00593. The van der Waals surface area contributed by atoms with Crippen LogP contribution < -0.4 is 0 Å². The third kappa shape index (κ3) is 2.44. The third-order valence-electron chi connectivity index (χ3n) is 3.42. The molecule has 1 aromatic rings. The zero-order valence-electron chi connectivity index (χ0n) is 9.78. The van der Waals surface area contributed by atoms with Crippen molar-refractivity contribution in [3.63, 3.8) is 0 Å². The van der Waals surface area contributed by atoms with Gasteiger partial charge in [0.15, 0.2) is 0 Å². The second-order valence-electron chi connectivity index (χ2n) is 4.54. The summed E-state index contributed by atoms with van der Waals surface area (Å²) in [6.45, 7) is 2.05. The quantitative estimate of drug-likeness (QED) is 0.785. The van der Waals surface area contributed by atoms with Gasteiger partial charge in [-0.25, -0.2) is 4.98 Å². The van der Waals surface area contributed by atoms with Gasteiger partial charge in [-0.2, -0.15) is 5.26 Å². The van der Waals surface area contributed by atoms with Gasteiger partial charge in [0.25, 0.3) is 0 Å². The Hall–Kier alpha value is -0.880. The van der Waals surface area contributed by atoms with Gasteiger partial charge in [-0.1, -0.05) is 26.2 Å². The molecule has 0 amide bonds. The fourth-order valence-electron chi connectivity index (χ4n) is 2.36. The Balaban J connectivity index is 2.09. The number of nitrogens with zero attached hydrogens (tertiary/aromatic N) is 2. The maximum atomic E-state index is 9.01. The normalized spacial score (nSPS) is 19.2. The standard InChI is InChI=1S/C13H18N2S/c1-2-10(8-14)12-9-16-13(15-12)11-6-4-3-5-7-11/h9-11H,2-7H2,1H3. The van der Waals surface area contributed by atoms with Gasteiger partial charge in [-0.05, 0) is 19.3 Å². The average Bonchev–Trinajstić information content (AvgIpc) is 2.81. The highest BCUT2D eigenvalue weighted by molar-refractivity contribution is 7.09. The minimum Gasteiger partial charge on any atom is -0.245 e. The molecule has 2 rings (SSSR count). The zero-order chi connectivity index (χ0) is 11.4. The lowest BCUT2D eigenvalue weighted by Crippen LogP contribution is -2.04. The van der Waals surface area contributed by atoms with Crippen molar-refractivity contribution >= 4 is 11.3 Å². The Bertz CT molecular complexity index is 372. The molecule has 0 aromatic carbocycles. The summed E-state index contributed by atoms with van der Waals surface area (Å²) >= 11 is 1.75. The summed E-state index contributed by atoms with van der Waals surface area (Å²) in [7, 11) is 0. The summed E-state index contributed by atoms with van der Waals surface area (Å²) in [5.74, 6) is 0.664. The van der Waals surface area contributed by atoms with Crippen molar-refractivity contribution in [2.45, 2.75) is 57.3 Å². The van der Waals surface area contributed by atoms with E-state index in [0.717, 1.165) is 12.1 Å². The SMILES string of the molecule is CCC(C#N)c1csc(C2CCCCC2)n1. The monoisotopic (exact) mass is 234 g/mol. The van der Waals surface area contributed by atoms with Crippen LogP contribution in [0.25, 0.3) is 0 Å². The predicted octanol–water partition coefficient (Wildman–Crippen LogP) is 4.21. The first-order valence-electron chi connectivity index (χ1n) is 6.20. The first-order valence-corrected chi connectivity index (χ1v) is 7.08. The number of hydrogen-bond donors (Lipinski definition) is 0. The number of rotatable bonds is 3. The van der Waals surface area contributed by atoms with Crippen molar-refractivity contribution in [2.24, 2.45) is 0 Å². The highest BCUT2D eigenvalue weighted by Crippen LogP contribution is 2.35. The molecule has 1 saturated carbocycles. The fourth-order valence-corrected chi connectivity index (χ4v) is 3.41. The van der Waals surface area contributed by atoms with Crippen LogP contribution in [-0.2, 0) is 0 Å². The summed E-state index contributed by atoms with van der Waals surface area (Å²) in [6, 6.07) is 2.33. The van der Waals surface area contributed by atoms with Crippen LogP contribution in [0.5, 0.6) is 0 Å². The topological polar surface area (TPSA) is 36.7 Å². The molecule has 0 spiro atoms. The van der Waals surface area contributed by atoms with Crippen LogP contribution in [-0.4, -0.2) is 4.98 Å². The molecule has 1 aliphatic rings. The van der Waals surface area contributed by atoms with Gasteiger partial charge in [0.2, 0.25) is 0 Å². The van der Waals surface area contributed by atoms with Crippen molar-refractivity contribution in [3.8, 4) is 6.07 Å². The van der Waals surface area contributed by atoms with Crippen LogP contribution in [0.15, 0.2) is 5.38 Å².